The van der Waals surface area contributed by atoms with Crippen molar-refractivity contribution >= 4 is 17.7 Å². The Balaban J connectivity index is 1.69. The van der Waals surface area contributed by atoms with Gasteiger partial charge in [-0.3, -0.25) is 14.4 Å². The summed E-state index contributed by atoms with van der Waals surface area (Å²) in [5, 5.41) is 0. The fourth-order valence-electron chi connectivity index (χ4n) is 4.40. The maximum absolute atomic E-state index is 13.3. The third-order valence-electron chi connectivity index (χ3n) is 5.85. The molecule has 0 aliphatic carbocycles. The Labute approximate surface area is 172 Å². The lowest BCUT2D eigenvalue weighted by atomic mass is 9.92. The van der Waals surface area contributed by atoms with Gasteiger partial charge in [-0.25, -0.2) is 0 Å². The highest BCUT2D eigenvalue weighted by Crippen LogP contribution is 2.28. The number of nitrogens with zero attached hydrogens (tertiary/aromatic N) is 2. The first kappa shape index (κ1) is 21.1. The van der Waals surface area contributed by atoms with Gasteiger partial charge >= 0.3 is 0 Å². The second-order valence-corrected chi connectivity index (χ2v) is 7.88. The number of nitrogens with two attached hydrogens (primary N) is 1. The van der Waals surface area contributed by atoms with Crippen LogP contribution in [0.5, 0.6) is 5.75 Å². The zero-order chi connectivity index (χ0) is 20.8. The smallest absolute Gasteiger partial charge is 0.258 e. The average Bonchev–Trinajstić information content (AvgIpc) is 3.22. The highest BCUT2D eigenvalue weighted by Gasteiger charge is 2.38. The third-order valence-corrected chi connectivity index (χ3v) is 5.85. The molecule has 3 rings (SSSR count). The molecular formula is C22H31N3O4. The van der Waals surface area contributed by atoms with Gasteiger partial charge in [0.1, 0.15) is 11.8 Å². The molecule has 1 aromatic carbocycles. The molecule has 2 aliphatic heterocycles. The first-order valence-electron chi connectivity index (χ1n) is 10.6. The van der Waals surface area contributed by atoms with Gasteiger partial charge in [0.05, 0.1) is 12.2 Å². The van der Waals surface area contributed by atoms with Crippen LogP contribution in [0.1, 0.15) is 55.8 Å². The fraction of sp³-hybridized carbons (Fsp3) is 0.591. The lowest BCUT2D eigenvalue weighted by Gasteiger charge is -2.36. The highest BCUT2D eigenvalue weighted by molar-refractivity contribution is 6.00. The normalized spacial score (nSPS) is 21.8. The fourth-order valence-corrected chi connectivity index (χ4v) is 4.40. The van der Waals surface area contributed by atoms with E-state index in [1.807, 2.05) is 24.0 Å². The van der Waals surface area contributed by atoms with Crippen LogP contribution in [-0.4, -0.2) is 59.8 Å². The molecule has 29 heavy (non-hydrogen) atoms. The summed E-state index contributed by atoms with van der Waals surface area (Å²) in [6.45, 7) is 4.29. The summed E-state index contributed by atoms with van der Waals surface area (Å²) in [5.74, 6) is 0.432. The molecule has 0 saturated carbocycles. The molecule has 2 atom stereocenters. The minimum atomic E-state index is -0.424. The van der Waals surface area contributed by atoms with Crippen LogP contribution in [0.3, 0.4) is 0 Å². The molecule has 0 bridgehead atoms. The molecule has 2 aliphatic rings. The minimum Gasteiger partial charge on any atom is -0.493 e. The van der Waals surface area contributed by atoms with Gasteiger partial charge in [0, 0.05) is 26.1 Å². The van der Waals surface area contributed by atoms with Gasteiger partial charge in [0.25, 0.3) is 5.91 Å². The molecule has 0 radical (unpaired) electrons. The second kappa shape index (κ2) is 9.76. The van der Waals surface area contributed by atoms with Crippen molar-refractivity contribution in [2.45, 2.75) is 51.5 Å². The van der Waals surface area contributed by atoms with Crippen LogP contribution >= 0.6 is 0 Å². The molecule has 2 N–H and O–H groups in total. The van der Waals surface area contributed by atoms with Crippen LogP contribution in [-0.2, 0) is 9.59 Å². The summed E-state index contributed by atoms with van der Waals surface area (Å²) >= 11 is 0. The monoisotopic (exact) mass is 401 g/mol. The molecule has 2 heterocycles. The first-order chi connectivity index (χ1) is 14.0. The number of amides is 3. The van der Waals surface area contributed by atoms with Crippen molar-refractivity contribution in [1.82, 2.24) is 9.80 Å². The maximum Gasteiger partial charge on any atom is 0.258 e. The van der Waals surface area contributed by atoms with Crippen LogP contribution < -0.4 is 10.5 Å². The molecule has 158 valence electrons. The second-order valence-electron chi connectivity index (χ2n) is 7.88. The van der Waals surface area contributed by atoms with E-state index < -0.39 is 6.04 Å². The van der Waals surface area contributed by atoms with E-state index in [2.05, 4.69) is 0 Å². The van der Waals surface area contributed by atoms with Gasteiger partial charge in [-0.2, -0.15) is 0 Å². The summed E-state index contributed by atoms with van der Waals surface area (Å²) in [6, 6.07) is 6.78. The van der Waals surface area contributed by atoms with E-state index in [-0.39, 0.29) is 17.7 Å². The predicted octanol–water partition coefficient (Wildman–Crippen LogP) is 2.19. The van der Waals surface area contributed by atoms with Crippen molar-refractivity contribution in [3.63, 3.8) is 0 Å². The zero-order valence-electron chi connectivity index (χ0n) is 17.1. The molecule has 1 aromatic rings. The predicted molar refractivity (Wildman–Crippen MR) is 109 cm³/mol. The van der Waals surface area contributed by atoms with Crippen molar-refractivity contribution in [3.8, 4) is 5.75 Å². The summed E-state index contributed by atoms with van der Waals surface area (Å²) in [4.78, 5) is 41.1. The summed E-state index contributed by atoms with van der Waals surface area (Å²) in [6.07, 6.45) is 4.50. The number of piperidine rings is 1. The van der Waals surface area contributed by atoms with Gasteiger partial charge in [0.2, 0.25) is 11.8 Å². The number of hydrogen-bond acceptors (Lipinski definition) is 4. The van der Waals surface area contributed by atoms with Gasteiger partial charge < -0.3 is 20.3 Å². The average molecular weight is 402 g/mol. The minimum absolute atomic E-state index is 0.0218. The number of rotatable bonds is 7. The summed E-state index contributed by atoms with van der Waals surface area (Å²) in [7, 11) is 0. The number of carbonyl (C=O) groups excluding carboxylic acids is 3. The van der Waals surface area contributed by atoms with Gasteiger partial charge in [0.15, 0.2) is 0 Å². The molecule has 3 amide bonds. The van der Waals surface area contributed by atoms with E-state index in [0.29, 0.717) is 62.7 Å². The number of ether oxygens (including phenoxy) is 1. The number of benzene rings is 1. The van der Waals surface area contributed by atoms with Crippen molar-refractivity contribution < 1.29 is 19.1 Å². The molecule has 2 fully saturated rings. The number of para-hydroxylation sites is 1. The SMILES string of the molecule is CCOc1ccccc1C(=O)N1CCCC1C(=O)N1CCCC(CCC(N)=O)C1. The molecule has 7 nitrogen and oxygen atoms in total. The quantitative estimate of drug-likeness (QED) is 0.758. The van der Waals surface area contributed by atoms with E-state index in [1.54, 1.807) is 17.0 Å². The van der Waals surface area contributed by atoms with Crippen LogP contribution in [0.4, 0.5) is 0 Å². The molecule has 0 aromatic heterocycles. The van der Waals surface area contributed by atoms with Crippen molar-refractivity contribution in [2.24, 2.45) is 11.7 Å². The van der Waals surface area contributed by atoms with Crippen molar-refractivity contribution in [1.29, 1.82) is 0 Å². The van der Waals surface area contributed by atoms with Crippen LogP contribution in [0, 0.1) is 5.92 Å². The van der Waals surface area contributed by atoms with E-state index >= 15 is 0 Å². The molecule has 7 heteroatoms. The number of carbonyl (C=O) groups is 3. The Morgan fingerprint density at radius 2 is 1.90 bits per heavy atom. The van der Waals surface area contributed by atoms with Crippen LogP contribution in [0.25, 0.3) is 0 Å². The van der Waals surface area contributed by atoms with E-state index in [0.717, 1.165) is 19.3 Å². The Morgan fingerprint density at radius 1 is 1.14 bits per heavy atom. The Hall–Kier alpha value is -2.57. The van der Waals surface area contributed by atoms with E-state index in [9.17, 15) is 14.4 Å². The zero-order valence-corrected chi connectivity index (χ0v) is 17.1. The maximum atomic E-state index is 13.3. The highest BCUT2D eigenvalue weighted by atomic mass is 16.5. The molecule has 2 saturated heterocycles. The van der Waals surface area contributed by atoms with E-state index in [1.165, 1.54) is 0 Å². The van der Waals surface area contributed by atoms with E-state index in [4.69, 9.17) is 10.5 Å². The number of primary amides is 1. The van der Waals surface area contributed by atoms with Gasteiger partial charge in [-0.15, -0.1) is 0 Å². The lowest BCUT2D eigenvalue weighted by Crippen LogP contribution is -2.50. The Morgan fingerprint density at radius 3 is 2.66 bits per heavy atom. The molecule has 2 unspecified atom stereocenters. The van der Waals surface area contributed by atoms with Gasteiger partial charge in [-0.1, -0.05) is 12.1 Å². The van der Waals surface area contributed by atoms with Crippen molar-refractivity contribution in [3.05, 3.63) is 29.8 Å². The van der Waals surface area contributed by atoms with Crippen LogP contribution in [0.15, 0.2) is 24.3 Å². The number of likely N-dealkylation sites (tertiary alicyclic amines) is 2. The first-order valence-corrected chi connectivity index (χ1v) is 10.6. The van der Waals surface area contributed by atoms with Crippen molar-refractivity contribution in [2.75, 3.05) is 26.2 Å². The Bertz CT molecular complexity index is 751. The van der Waals surface area contributed by atoms with Crippen LogP contribution in [0.2, 0.25) is 0 Å². The number of hydrogen-bond donors (Lipinski definition) is 1. The largest absolute Gasteiger partial charge is 0.493 e. The molecular weight excluding hydrogens is 370 g/mol. The topological polar surface area (TPSA) is 92.9 Å². The standard InChI is InChI=1S/C22H31N3O4/c1-2-29-19-10-4-3-8-17(19)21(27)25-14-6-9-18(25)22(28)24-13-5-7-16(15-24)11-12-20(23)26/h3-4,8,10,16,18H,2,5-7,9,11-15H2,1H3,(H2,23,26). The molecule has 0 spiro atoms. The third kappa shape index (κ3) is 5.08. The summed E-state index contributed by atoms with van der Waals surface area (Å²) < 4.78 is 5.61. The van der Waals surface area contributed by atoms with Gasteiger partial charge in [-0.05, 0) is 57.1 Å². The Kier molecular flexibility index (Phi) is 7.12. The lowest BCUT2D eigenvalue weighted by molar-refractivity contribution is -0.137. The summed E-state index contributed by atoms with van der Waals surface area (Å²) in [5.41, 5.74) is 5.78.